The molecular weight excluding hydrogens is 1670 g/mol. The van der Waals surface area contributed by atoms with Crippen molar-refractivity contribution in [1.29, 1.82) is 0 Å². The number of sulfonamides is 4. The lowest BCUT2D eigenvalue weighted by atomic mass is 9.89. The van der Waals surface area contributed by atoms with E-state index in [2.05, 4.69) is 60.3 Å². The molecule has 0 amide bonds. The van der Waals surface area contributed by atoms with Gasteiger partial charge in [0.1, 0.15) is 22.6 Å². The number of nitrogens with one attached hydrogen (secondary N) is 4. The molecule has 0 saturated carbocycles. The van der Waals surface area contributed by atoms with Crippen molar-refractivity contribution in [3.63, 3.8) is 0 Å². The van der Waals surface area contributed by atoms with E-state index in [1.807, 2.05) is 123 Å². The van der Waals surface area contributed by atoms with E-state index in [1.165, 1.54) is 54.5 Å². The Morgan fingerprint density at radius 3 is 0.782 bits per heavy atom. The van der Waals surface area contributed by atoms with Crippen molar-refractivity contribution < 1.29 is 71.8 Å². The fraction of sp³-hybridized carbons (Fsp3) is 0.476. The number of nitrogens with zero attached hydrogens (tertiary/aromatic N) is 16. The SMILES string of the molecule is CCCCOC(=O)c1cnc2[nH]ccc2c1-c1cnn(C2(CC)CN(S(=O)(=O)CC)C2)c1.CCCCOC(=O)c1cnc2[nH]ccc2c1-c1cnn(C2(CC)CN(S(C)(=O)=O)C2)c1.CCCOC(=O)c1cnc2[nH]ccc2c1-c1cnn(C2(CC)CN(S(=O)(=O)CC)C2)c1.CCCOC(=O)c1cnc2[nH]ccc2c1-c1cnn(C2(CC)CN(S(C)(=O)=O)C2)c1. The third-order valence-corrected chi connectivity index (χ3v) is 29.8. The summed E-state index contributed by atoms with van der Waals surface area (Å²) in [6.45, 7) is 23.8. The summed E-state index contributed by atoms with van der Waals surface area (Å²) in [6.07, 6.45) is 38.0. The molecule has 0 aliphatic carbocycles. The second-order valence-corrected chi connectivity index (χ2v) is 40.3. The maximum Gasteiger partial charge on any atom is 0.340 e. The van der Waals surface area contributed by atoms with Gasteiger partial charge in [0, 0.05) is 193 Å². The number of unbranched alkanes of at least 4 members (excludes halogenated alkanes) is 2. The molecular formula is C84H108N20O16S4. The van der Waals surface area contributed by atoms with Crippen LogP contribution in [-0.2, 0) is 81.2 Å². The first kappa shape index (κ1) is 90.8. The minimum absolute atomic E-state index is 0.0862. The molecule has 4 saturated heterocycles. The van der Waals surface area contributed by atoms with E-state index in [-0.39, 0.29) is 11.5 Å². The number of hydrogen-bond acceptors (Lipinski definition) is 24. The molecule has 124 heavy (non-hydrogen) atoms. The highest BCUT2D eigenvalue weighted by Crippen LogP contribution is 2.43. The molecule has 16 rings (SSSR count). The van der Waals surface area contributed by atoms with Crippen LogP contribution in [0.1, 0.15) is 175 Å². The van der Waals surface area contributed by atoms with E-state index >= 15 is 0 Å². The Hall–Kier alpha value is -10.9. The standard InChI is InChI=1S/C22H29N5O4S.2C21H27N5O4S.C20H25N5O4S/c1-4-7-10-31-21(28)18-12-24-20-17(8-9-23-20)19(18)16-11-25-27(13-16)22(5-2)14-26(15-22)32(29,30)6-3;1-4-6-9-30-20(27)17-11-23-19-16(7-8-22-19)18(17)15-10-24-26(12-15)21(5-2)13-25(14-21)31(3,28)29;1-4-9-30-20(27)17-11-23-19-16(7-8-22-19)18(17)15-10-24-26(12-15)21(5-2)13-25(14-21)31(28,29)6-3;1-4-8-29-19(26)16-10-22-18-15(6-7-21-18)17(16)14-9-23-25(11-14)20(5-2)12-24(13-20)30(3,27)28/h8-9,11-13H,4-7,10,14-15H2,1-3H3,(H,23,24);2*7-8,10-12H,4-6,9,13-14H2,1-3H3,(H,22,23);6-7,9-11H,4-5,8,12-13H2,1-3H3,(H,21,22). The Morgan fingerprint density at radius 2 is 0.573 bits per heavy atom. The Balaban J connectivity index is 0.000000142. The number of carbonyl (C=O) groups is 4. The monoisotopic (exact) mass is 1780 g/mol. The van der Waals surface area contributed by atoms with Crippen molar-refractivity contribution in [3.05, 3.63) is 146 Å². The second-order valence-electron chi connectivity index (χ2n) is 31.8. The summed E-state index contributed by atoms with van der Waals surface area (Å²) in [5.74, 6) is -1.50. The van der Waals surface area contributed by atoms with E-state index in [4.69, 9.17) is 18.9 Å². The minimum Gasteiger partial charge on any atom is -0.462 e. The summed E-state index contributed by atoms with van der Waals surface area (Å²) in [7, 11) is -12.9. The molecule has 12 aromatic heterocycles. The van der Waals surface area contributed by atoms with Gasteiger partial charge >= 0.3 is 23.9 Å². The van der Waals surface area contributed by atoms with Gasteiger partial charge in [-0.05, 0) is 89.5 Å². The summed E-state index contributed by atoms with van der Waals surface area (Å²) >= 11 is 0. The van der Waals surface area contributed by atoms with Gasteiger partial charge in [-0.3, -0.25) is 18.7 Å². The van der Waals surface area contributed by atoms with Gasteiger partial charge in [-0.2, -0.15) is 37.6 Å². The molecule has 0 radical (unpaired) electrons. The van der Waals surface area contributed by atoms with E-state index in [1.54, 1.807) is 63.4 Å². The maximum atomic E-state index is 12.8. The number of esters is 4. The van der Waals surface area contributed by atoms with E-state index in [9.17, 15) is 52.8 Å². The molecule has 4 fully saturated rings. The van der Waals surface area contributed by atoms with Gasteiger partial charge in [-0.25, -0.2) is 72.8 Å². The van der Waals surface area contributed by atoms with E-state index < -0.39 is 86.1 Å². The van der Waals surface area contributed by atoms with Gasteiger partial charge in [0.15, 0.2) is 0 Å². The first-order valence-corrected chi connectivity index (χ1v) is 48.8. The first-order chi connectivity index (χ1) is 59.3. The van der Waals surface area contributed by atoms with Crippen LogP contribution in [0.5, 0.6) is 0 Å². The van der Waals surface area contributed by atoms with Crippen molar-refractivity contribution in [3.8, 4) is 44.5 Å². The zero-order valence-electron chi connectivity index (χ0n) is 71.8. The Kier molecular flexibility index (Phi) is 27.2. The lowest BCUT2D eigenvalue weighted by molar-refractivity contribution is 0.0491. The fourth-order valence-electron chi connectivity index (χ4n) is 15.8. The van der Waals surface area contributed by atoms with E-state index in [0.717, 1.165) is 108 Å². The van der Waals surface area contributed by atoms with E-state index in [0.29, 0.717) is 146 Å². The van der Waals surface area contributed by atoms with Crippen LogP contribution >= 0.6 is 0 Å². The molecule has 664 valence electrons. The van der Waals surface area contributed by atoms with Gasteiger partial charge in [0.05, 0.1) is 120 Å². The van der Waals surface area contributed by atoms with Crippen molar-refractivity contribution >= 4 is 108 Å². The third kappa shape index (κ3) is 18.1. The molecule has 0 aromatic carbocycles. The summed E-state index contributed by atoms with van der Waals surface area (Å²) in [4.78, 5) is 80.7. The molecule has 4 N–H and O–H groups in total. The number of aromatic nitrogens is 16. The Bertz CT molecular complexity index is 6350. The highest BCUT2D eigenvalue weighted by molar-refractivity contribution is 7.89. The molecule has 4 aliphatic heterocycles. The number of ether oxygens (including phenoxy) is 4. The molecule has 0 bridgehead atoms. The van der Waals surface area contributed by atoms with Crippen molar-refractivity contribution in [1.82, 2.24) is 96.2 Å². The number of pyridine rings is 4. The smallest absolute Gasteiger partial charge is 0.340 e. The van der Waals surface area contributed by atoms with Crippen LogP contribution in [0.25, 0.3) is 88.6 Å². The first-order valence-electron chi connectivity index (χ1n) is 41.9. The average Bonchev–Trinajstić information content (AvgIpc) is 1.48. The van der Waals surface area contributed by atoms with Crippen LogP contribution in [0.3, 0.4) is 0 Å². The normalized spacial score (nSPS) is 16.4. The van der Waals surface area contributed by atoms with Gasteiger partial charge in [0.2, 0.25) is 40.1 Å². The quantitative estimate of drug-likeness (QED) is 0.0173. The third-order valence-electron chi connectivity index (χ3n) is 23.8. The van der Waals surface area contributed by atoms with Crippen LogP contribution in [0.15, 0.2) is 123 Å². The number of aromatic amines is 4. The van der Waals surface area contributed by atoms with Gasteiger partial charge in [-0.15, -0.1) is 0 Å². The number of H-pyrrole nitrogens is 4. The predicted molar refractivity (Wildman–Crippen MR) is 469 cm³/mol. The predicted octanol–water partition coefficient (Wildman–Crippen LogP) is 11.1. The van der Waals surface area contributed by atoms with Crippen LogP contribution < -0.4 is 0 Å². The second kappa shape index (κ2) is 37.1. The summed E-state index contributed by atoms with van der Waals surface area (Å²) in [5.41, 5.74) is 8.55. The zero-order chi connectivity index (χ0) is 88.9. The van der Waals surface area contributed by atoms with Crippen LogP contribution in [0.4, 0.5) is 0 Å². The molecule has 12 aromatic rings. The molecule has 0 atom stereocenters. The number of carbonyl (C=O) groups excluding carboxylic acids is 4. The largest absolute Gasteiger partial charge is 0.462 e. The molecule has 40 heteroatoms. The molecule has 36 nitrogen and oxygen atoms in total. The van der Waals surface area contributed by atoms with Crippen LogP contribution in [0, 0.1) is 0 Å². The Morgan fingerprint density at radius 1 is 0.339 bits per heavy atom. The van der Waals surface area contributed by atoms with Crippen molar-refractivity contribution in [2.24, 2.45) is 0 Å². The topological polar surface area (TPSA) is 441 Å². The average molecular weight is 1780 g/mol. The number of hydrogen-bond donors (Lipinski definition) is 4. The molecule has 0 spiro atoms. The highest BCUT2D eigenvalue weighted by atomic mass is 32.2. The fourth-order valence-corrected chi connectivity index (χ4v) is 20.2. The van der Waals surface area contributed by atoms with Crippen LogP contribution in [0.2, 0.25) is 0 Å². The summed E-state index contributed by atoms with van der Waals surface area (Å²) in [5, 5.41) is 21.5. The minimum atomic E-state index is -3.23. The highest BCUT2D eigenvalue weighted by Gasteiger charge is 2.52. The van der Waals surface area contributed by atoms with Gasteiger partial charge in [-0.1, -0.05) is 68.2 Å². The Labute approximate surface area is 720 Å². The zero-order valence-corrected chi connectivity index (χ0v) is 75.1. The maximum absolute atomic E-state index is 12.8. The lowest BCUT2D eigenvalue weighted by Crippen LogP contribution is -2.64. The van der Waals surface area contributed by atoms with Gasteiger partial charge < -0.3 is 38.9 Å². The molecule has 0 unspecified atom stereocenters. The number of fused-ring (bicyclic) bond motifs is 4. The summed E-state index contributed by atoms with van der Waals surface area (Å²) in [6, 6.07) is 7.50. The lowest BCUT2D eigenvalue weighted by Gasteiger charge is -2.48. The van der Waals surface area contributed by atoms with Crippen LogP contribution in [-0.4, -0.2) is 257 Å². The molecule has 4 aliphatic rings. The van der Waals surface area contributed by atoms with Crippen molar-refractivity contribution in [2.45, 2.75) is 156 Å². The van der Waals surface area contributed by atoms with Gasteiger partial charge in [0.25, 0.3) is 0 Å². The van der Waals surface area contributed by atoms with Crippen molar-refractivity contribution in [2.75, 3.05) is 103 Å². The summed E-state index contributed by atoms with van der Waals surface area (Å²) < 4.78 is 131. The molecule has 16 heterocycles. The number of rotatable bonds is 32.